The zero-order chi connectivity index (χ0) is 14.0. The van der Waals surface area contributed by atoms with E-state index in [9.17, 15) is 9.59 Å². The van der Waals surface area contributed by atoms with Gasteiger partial charge in [0, 0.05) is 0 Å². The van der Waals surface area contributed by atoms with E-state index in [1.807, 2.05) is 13.8 Å². The third-order valence-corrected chi connectivity index (χ3v) is 3.09. The number of aromatic carboxylic acids is 1. The fraction of sp³-hybridized carbons (Fsp3) is 0.462. The number of ether oxygens (including phenoxy) is 1. The number of rotatable bonds is 2. The molecule has 0 radical (unpaired) electrons. The molecule has 1 amide bonds. The third-order valence-electron chi connectivity index (χ3n) is 3.09. The number of morpholine rings is 1. The Balaban J connectivity index is 2.27. The Morgan fingerprint density at radius 3 is 2.42 bits per heavy atom. The summed E-state index contributed by atoms with van der Waals surface area (Å²) in [5.74, 6) is -1.40. The number of carbonyl (C=O) groups is 2. The summed E-state index contributed by atoms with van der Waals surface area (Å²) in [6.07, 6.45) is 0. The highest BCUT2D eigenvalue weighted by molar-refractivity contribution is 5.94. The lowest BCUT2D eigenvalue weighted by Gasteiger charge is -2.38. The maximum absolute atomic E-state index is 12.4. The minimum atomic E-state index is -1.14. The lowest BCUT2D eigenvalue weighted by Crippen LogP contribution is -2.52. The molecule has 1 N–H and O–H groups in total. The number of hydrogen-bond acceptors (Lipinski definition) is 4. The zero-order valence-corrected chi connectivity index (χ0v) is 10.9. The van der Waals surface area contributed by atoms with E-state index >= 15 is 0 Å². The Hall–Kier alpha value is -1.95. The van der Waals surface area contributed by atoms with Crippen molar-refractivity contribution in [2.75, 3.05) is 13.2 Å². The molecule has 0 spiro atoms. The van der Waals surface area contributed by atoms with Crippen LogP contribution in [0.4, 0.5) is 0 Å². The largest absolute Gasteiger partial charge is 0.477 e. The topological polar surface area (TPSA) is 79.7 Å². The van der Waals surface area contributed by atoms with Gasteiger partial charge in [0.15, 0.2) is 0 Å². The summed E-state index contributed by atoms with van der Waals surface area (Å²) in [7, 11) is 0. The summed E-state index contributed by atoms with van der Waals surface area (Å²) in [5, 5.41) is 8.90. The highest BCUT2D eigenvalue weighted by atomic mass is 16.5. The molecule has 6 heteroatoms. The molecule has 0 bridgehead atoms. The van der Waals surface area contributed by atoms with E-state index in [4.69, 9.17) is 9.84 Å². The summed E-state index contributed by atoms with van der Waals surface area (Å²) in [4.78, 5) is 28.9. The van der Waals surface area contributed by atoms with Crippen molar-refractivity contribution in [3.63, 3.8) is 0 Å². The number of nitrogens with zero attached hydrogens (tertiary/aromatic N) is 2. The first-order valence-electron chi connectivity index (χ1n) is 6.11. The predicted octanol–water partition coefficient (Wildman–Crippen LogP) is 1.03. The molecule has 0 aromatic carbocycles. The number of carboxylic acid groups (broad SMARTS) is 1. The summed E-state index contributed by atoms with van der Waals surface area (Å²) in [6, 6.07) is 4.33. The molecule has 0 aliphatic carbocycles. The second-order valence-electron chi connectivity index (χ2n) is 4.66. The normalized spacial score (nSPS) is 23.2. The minimum Gasteiger partial charge on any atom is -0.477 e. The van der Waals surface area contributed by atoms with Gasteiger partial charge >= 0.3 is 5.97 Å². The Morgan fingerprint density at radius 2 is 1.84 bits per heavy atom. The first kappa shape index (κ1) is 13.5. The van der Waals surface area contributed by atoms with Crippen molar-refractivity contribution in [2.45, 2.75) is 25.9 Å². The molecule has 2 unspecified atom stereocenters. The van der Waals surface area contributed by atoms with Crippen LogP contribution in [0, 0.1) is 0 Å². The standard InChI is InChI=1S/C13H16N2O4/c1-8-6-19-7-9(2)15(8)12(16)10-4-3-5-11(14-10)13(17)18/h3-5,8-9H,6-7H2,1-2H3,(H,17,18). The molecule has 1 saturated heterocycles. The lowest BCUT2D eigenvalue weighted by atomic mass is 10.1. The van der Waals surface area contributed by atoms with E-state index in [-0.39, 0.29) is 29.4 Å². The van der Waals surface area contributed by atoms with Gasteiger partial charge in [0.25, 0.3) is 5.91 Å². The molecule has 2 heterocycles. The van der Waals surface area contributed by atoms with Gasteiger partial charge in [-0.05, 0) is 26.0 Å². The van der Waals surface area contributed by atoms with Crippen molar-refractivity contribution in [3.05, 3.63) is 29.6 Å². The summed E-state index contributed by atoms with van der Waals surface area (Å²) < 4.78 is 5.36. The van der Waals surface area contributed by atoms with E-state index in [2.05, 4.69) is 4.98 Å². The molecular weight excluding hydrogens is 248 g/mol. The fourth-order valence-corrected chi connectivity index (χ4v) is 2.21. The molecule has 2 rings (SSSR count). The van der Waals surface area contributed by atoms with E-state index in [1.54, 1.807) is 4.90 Å². The van der Waals surface area contributed by atoms with Gasteiger partial charge in [-0.25, -0.2) is 9.78 Å². The average molecular weight is 264 g/mol. The Bertz CT molecular complexity index is 493. The van der Waals surface area contributed by atoms with Crippen molar-refractivity contribution < 1.29 is 19.4 Å². The first-order valence-corrected chi connectivity index (χ1v) is 6.11. The van der Waals surface area contributed by atoms with Gasteiger partial charge < -0.3 is 14.7 Å². The van der Waals surface area contributed by atoms with Crippen molar-refractivity contribution in [1.29, 1.82) is 0 Å². The molecular formula is C13H16N2O4. The van der Waals surface area contributed by atoms with Crippen molar-refractivity contribution >= 4 is 11.9 Å². The van der Waals surface area contributed by atoms with Crippen LogP contribution in [0.2, 0.25) is 0 Å². The molecule has 19 heavy (non-hydrogen) atoms. The van der Waals surface area contributed by atoms with Crippen LogP contribution in [0.3, 0.4) is 0 Å². The SMILES string of the molecule is CC1COCC(C)N1C(=O)c1cccc(C(=O)O)n1. The first-order chi connectivity index (χ1) is 9.00. The van der Waals surface area contributed by atoms with E-state index in [1.165, 1.54) is 18.2 Å². The number of pyridine rings is 1. The van der Waals surface area contributed by atoms with Gasteiger partial charge in [-0.2, -0.15) is 0 Å². The van der Waals surface area contributed by atoms with E-state index < -0.39 is 5.97 Å². The van der Waals surface area contributed by atoms with Gasteiger partial charge in [0.2, 0.25) is 0 Å². The van der Waals surface area contributed by atoms with Crippen molar-refractivity contribution in [1.82, 2.24) is 9.88 Å². The number of hydrogen-bond donors (Lipinski definition) is 1. The summed E-state index contributed by atoms with van der Waals surface area (Å²) in [6.45, 7) is 4.76. The van der Waals surface area contributed by atoms with Crippen LogP contribution in [0.1, 0.15) is 34.8 Å². The highest BCUT2D eigenvalue weighted by Crippen LogP contribution is 2.16. The van der Waals surface area contributed by atoms with Gasteiger partial charge in [0.1, 0.15) is 11.4 Å². The lowest BCUT2D eigenvalue weighted by molar-refractivity contribution is -0.0252. The number of carbonyl (C=O) groups excluding carboxylic acids is 1. The third kappa shape index (κ3) is 2.73. The maximum Gasteiger partial charge on any atom is 0.354 e. The molecule has 0 saturated carbocycles. The monoisotopic (exact) mass is 264 g/mol. The molecule has 1 aromatic rings. The maximum atomic E-state index is 12.4. The minimum absolute atomic E-state index is 0.0495. The second-order valence-corrected chi connectivity index (χ2v) is 4.66. The zero-order valence-electron chi connectivity index (χ0n) is 10.9. The van der Waals surface area contributed by atoms with E-state index in [0.717, 1.165) is 0 Å². The molecule has 1 aliphatic rings. The van der Waals surface area contributed by atoms with Crippen LogP contribution in [0.25, 0.3) is 0 Å². The van der Waals surface area contributed by atoms with Gasteiger partial charge in [-0.1, -0.05) is 6.07 Å². The Kier molecular flexibility index (Phi) is 3.80. The van der Waals surface area contributed by atoms with Crippen LogP contribution >= 0.6 is 0 Å². The smallest absolute Gasteiger partial charge is 0.354 e. The summed E-state index contributed by atoms with van der Waals surface area (Å²) in [5.41, 5.74) is 0.0277. The van der Waals surface area contributed by atoms with Gasteiger partial charge in [-0.3, -0.25) is 4.79 Å². The van der Waals surface area contributed by atoms with Crippen LogP contribution in [-0.2, 0) is 4.74 Å². The molecule has 1 aromatic heterocycles. The fourth-order valence-electron chi connectivity index (χ4n) is 2.21. The summed E-state index contributed by atoms with van der Waals surface area (Å²) >= 11 is 0. The number of carboxylic acids is 1. The van der Waals surface area contributed by atoms with E-state index in [0.29, 0.717) is 13.2 Å². The van der Waals surface area contributed by atoms with Crippen LogP contribution in [-0.4, -0.2) is 52.2 Å². The molecule has 102 valence electrons. The number of amides is 1. The molecule has 1 aliphatic heterocycles. The quantitative estimate of drug-likeness (QED) is 0.863. The van der Waals surface area contributed by atoms with Crippen LogP contribution in [0.15, 0.2) is 18.2 Å². The Morgan fingerprint density at radius 1 is 1.26 bits per heavy atom. The van der Waals surface area contributed by atoms with Crippen molar-refractivity contribution in [2.24, 2.45) is 0 Å². The molecule has 2 atom stereocenters. The van der Waals surface area contributed by atoms with Gasteiger partial charge in [0.05, 0.1) is 25.3 Å². The molecule has 6 nitrogen and oxygen atoms in total. The van der Waals surface area contributed by atoms with Crippen LogP contribution < -0.4 is 0 Å². The Labute approximate surface area is 111 Å². The average Bonchev–Trinajstić information content (AvgIpc) is 2.38. The van der Waals surface area contributed by atoms with Crippen LogP contribution in [0.5, 0.6) is 0 Å². The second kappa shape index (κ2) is 5.36. The van der Waals surface area contributed by atoms with Gasteiger partial charge in [-0.15, -0.1) is 0 Å². The molecule has 1 fully saturated rings. The predicted molar refractivity (Wildman–Crippen MR) is 67.1 cm³/mol. The number of aromatic nitrogens is 1. The van der Waals surface area contributed by atoms with Crippen molar-refractivity contribution in [3.8, 4) is 0 Å². The highest BCUT2D eigenvalue weighted by Gasteiger charge is 2.31.